The zero-order valence-corrected chi connectivity index (χ0v) is 15.0. The molecule has 1 aromatic rings. The number of hydrogen-bond acceptors (Lipinski definition) is 5. The van der Waals surface area contributed by atoms with E-state index in [4.69, 9.17) is 9.47 Å². The fraction of sp³-hybridized carbons (Fsp3) is 0.556. The third-order valence-electron chi connectivity index (χ3n) is 3.13. The van der Waals surface area contributed by atoms with Crippen molar-refractivity contribution < 1.29 is 23.8 Å². The molecule has 0 bridgehead atoms. The summed E-state index contributed by atoms with van der Waals surface area (Å²) in [5, 5.41) is 2.79. The van der Waals surface area contributed by atoms with Crippen LogP contribution in [0.2, 0.25) is 0 Å². The number of carbonyl (C=O) groups excluding carboxylic acids is 2. The summed E-state index contributed by atoms with van der Waals surface area (Å²) in [5.74, 6) is 0.476. The molecule has 1 amide bonds. The number of hydrogen-bond donors (Lipinski definition) is 1. The number of amides is 1. The molecule has 6 heteroatoms. The summed E-state index contributed by atoms with van der Waals surface area (Å²) in [4.78, 5) is 22.8. The van der Waals surface area contributed by atoms with Crippen LogP contribution in [0.1, 0.15) is 52.1 Å². The van der Waals surface area contributed by atoms with Crippen LogP contribution >= 0.6 is 0 Å². The summed E-state index contributed by atoms with van der Waals surface area (Å²) in [6.07, 6.45) is 0.495. The highest BCUT2D eigenvalue weighted by Crippen LogP contribution is 2.18. The summed E-state index contributed by atoms with van der Waals surface area (Å²) < 4.78 is 15.4. The number of nitrogens with one attached hydrogen (secondary N) is 1. The third-order valence-corrected chi connectivity index (χ3v) is 3.13. The van der Waals surface area contributed by atoms with E-state index < -0.39 is 11.7 Å². The third kappa shape index (κ3) is 7.85. The van der Waals surface area contributed by atoms with Crippen LogP contribution in [0.3, 0.4) is 0 Å². The standard InChI is InChI=1S/C18H27NO5/c1-13(19-17(21)24-18(2,3)4)14-8-10-15(11-9-14)23-12-6-7-16(20)22-5/h8-11,13H,6-7,12H2,1-5H3,(H,19,21). The largest absolute Gasteiger partial charge is 0.494 e. The second-order valence-corrected chi connectivity index (χ2v) is 6.47. The maximum Gasteiger partial charge on any atom is 0.408 e. The first-order valence-corrected chi connectivity index (χ1v) is 8.00. The molecular formula is C18H27NO5. The lowest BCUT2D eigenvalue weighted by atomic mass is 10.1. The summed E-state index contributed by atoms with van der Waals surface area (Å²) in [7, 11) is 1.37. The molecule has 1 rings (SSSR count). The molecule has 0 fully saturated rings. The van der Waals surface area contributed by atoms with Crippen molar-refractivity contribution in [3.05, 3.63) is 29.8 Å². The van der Waals surface area contributed by atoms with Crippen molar-refractivity contribution in [2.45, 2.75) is 52.2 Å². The number of esters is 1. The Morgan fingerprint density at radius 2 is 1.79 bits per heavy atom. The smallest absolute Gasteiger partial charge is 0.408 e. The highest BCUT2D eigenvalue weighted by Gasteiger charge is 2.18. The Morgan fingerprint density at radius 1 is 1.17 bits per heavy atom. The molecule has 0 spiro atoms. The van der Waals surface area contributed by atoms with Gasteiger partial charge in [-0.2, -0.15) is 0 Å². The first-order valence-electron chi connectivity index (χ1n) is 8.00. The normalized spacial score (nSPS) is 12.2. The van der Waals surface area contributed by atoms with Gasteiger partial charge in [-0.15, -0.1) is 0 Å². The summed E-state index contributed by atoms with van der Waals surface area (Å²) >= 11 is 0. The van der Waals surface area contributed by atoms with Crippen molar-refractivity contribution in [2.75, 3.05) is 13.7 Å². The van der Waals surface area contributed by atoms with Gasteiger partial charge < -0.3 is 19.5 Å². The minimum absolute atomic E-state index is 0.173. The van der Waals surface area contributed by atoms with Gasteiger partial charge in [-0.05, 0) is 51.8 Å². The minimum Gasteiger partial charge on any atom is -0.494 e. The molecule has 0 aliphatic carbocycles. The highest BCUT2D eigenvalue weighted by molar-refractivity contribution is 5.69. The van der Waals surface area contributed by atoms with E-state index in [1.54, 1.807) is 0 Å². The molecule has 0 saturated heterocycles. The second kappa shape index (κ2) is 9.15. The van der Waals surface area contributed by atoms with Crippen molar-refractivity contribution in [3.8, 4) is 5.75 Å². The Kier molecular flexibility index (Phi) is 7.55. The van der Waals surface area contributed by atoms with E-state index in [0.29, 0.717) is 25.2 Å². The zero-order valence-electron chi connectivity index (χ0n) is 15.0. The number of ether oxygens (including phenoxy) is 3. The quantitative estimate of drug-likeness (QED) is 0.608. The van der Waals surface area contributed by atoms with Gasteiger partial charge in [-0.25, -0.2) is 4.79 Å². The van der Waals surface area contributed by atoms with E-state index in [9.17, 15) is 9.59 Å². The maximum absolute atomic E-state index is 11.8. The summed E-state index contributed by atoms with van der Waals surface area (Å²) in [5.41, 5.74) is 0.425. The Hall–Kier alpha value is -2.24. The van der Waals surface area contributed by atoms with Crippen LogP contribution in [-0.4, -0.2) is 31.4 Å². The molecule has 0 aromatic heterocycles. The first kappa shape index (κ1) is 19.8. The average Bonchev–Trinajstić information content (AvgIpc) is 2.49. The number of benzene rings is 1. The van der Waals surface area contributed by atoms with Gasteiger partial charge in [0.25, 0.3) is 0 Å². The molecule has 0 aliphatic heterocycles. The molecule has 0 aliphatic rings. The molecule has 134 valence electrons. The summed E-state index contributed by atoms with van der Waals surface area (Å²) in [6.45, 7) is 7.80. The number of carbonyl (C=O) groups is 2. The SMILES string of the molecule is COC(=O)CCCOc1ccc(C(C)NC(=O)OC(C)(C)C)cc1. The minimum atomic E-state index is -0.522. The first-order chi connectivity index (χ1) is 11.2. The lowest BCUT2D eigenvalue weighted by Crippen LogP contribution is -2.34. The molecule has 0 radical (unpaired) electrons. The second-order valence-electron chi connectivity index (χ2n) is 6.47. The average molecular weight is 337 g/mol. The zero-order chi connectivity index (χ0) is 18.2. The van der Waals surface area contributed by atoms with Crippen molar-refractivity contribution in [1.29, 1.82) is 0 Å². The maximum atomic E-state index is 11.8. The molecule has 1 N–H and O–H groups in total. The number of rotatable bonds is 7. The van der Waals surface area contributed by atoms with Crippen LogP contribution in [0.25, 0.3) is 0 Å². The monoisotopic (exact) mass is 337 g/mol. The molecule has 1 unspecified atom stereocenters. The van der Waals surface area contributed by atoms with E-state index in [2.05, 4.69) is 10.1 Å². The Labute approximate surface area is 143 Å². The van der Waals surface area contributed by atoms with Crippen LogP contribution < -0.4 is 10.1 Å². The van der Waals surface area contributed by atoms with Crippen LogP contribution in [-0.2, 0) is 14.3 Å². The highest BCUT2D eigenvalue weighted by atomic mass is 16.6. The van der Waals surface area contributed by atoms with E-state index in [0.717, 1.165) is 5.56 Å². The topological polar surface area (TPSA) is 73.9 Å². The summed E-state index contributed by atoms with van der Waals surface area (Å²) in [6, 6.07) is 7.27. The number of methoxy groups -OCH3 is 1. The van der Waals surface area contributed by atoms with E-state index in [1.165, 1.54) is 7.11 Å². The van der Waals surface area contributed by atoms with Crippen molar-refractivity contribution in [2.24, 2.45) is 0 Å². The molecule has 6 nitrogen and oxygen atoms in total. The fourth-order valence-corrected chi connectivity index (χ4v) is 1.93. The van der Waals surface area contributed by atoms with E-state index in [1.807, 2.05) is 52.0 Å². The van der Waals surface area contributed by atoms with Gasteiger partial charge >= 0.3 is 12.1 Å². The Morgan fingerprint density at radius 3 is 2.33 bits per heavy atom. The molecule has 0 heterocycles. The predicted octanol–water partition coefficient (Wildman–Crippen LogP) is 3.60. The predicted molar refractivity (Wildman–Crippen MR) is 91.0 cm³/mol. The van der Waals surface area contributed by atoms with Crippen LogP contribution in [0.15, 0.2) is 24.3 Å². The number of alkyl carbamates (subject to hydrolysis) is 1. The van der Waals surface area contributed by atoms with Crippen molar-refractivity contribution in [3.63, 3.8) is 0 Å². The van der Waals surface area contributed by atoms with Gasteiger partial charge in [-0.1, -0.05) is 12.1 Å². The molecule has 1 atom stereocenters. The lowest BCUT2D eigenvalue weighted by molar-refractivity contribution is -0.140. The van der Waals surface area contributed by atoms with Gasteiger partial charge in [0.05, 0.1) is 19.8 Å². The fourth-order valence-electron chi connectivity index (χ4n) is 1.93. The van der Waals surface area contributed by atoms with Gasteiger partial charge in [-0.3, -0.25) is 4.79 Å². The molecular weight excluding hydrogens is 310 g/mol. The molecule has 0 saturated carbocycles. The van der Waals surface area contributed by atoms with Gasteiger partial charge in [0, 0.05) is 6.42 Å². The van der Waals surface area contributed by atoms with Crippen LogP contribution in [0.4, 0.5) is 4.79 Å². The molecule has 24 heavy (non-hydrogen) atoms. The van der Waals surface area contributed by atoms with Crippen molar-refractivity contribution in [1.82, 2.24) is 5.32 Å². The molecule has 1 aromatic carbocycles. The van der Waals surface area contributed by atoms with Gasteiger partial charge in [0.2, 0.25) is 0 Å². The van der Waals surface area contributed by atoms with Gasteiger partial charge in [0.1, 0.15) is 11.4 Å². The van der Waals surface area contributed by atoms with Gasteiger partial charge in [0.15, 0.2) is 0 Å². The van der Waals surface area contributed by atoms with Crippen LogP contribution in [0.5, 0.6) is 5.75 Å². The van der Waals surface area contributed by atoms with Crippen molar-refractivity contribution >= 4 is 12.1 Å². The van der Waals surface area contributed by atoms with Crippen LogP contribution in [0, 0.1) is 0 Å². The van der Waals surface area contributed by atoms with E-state index in [-0.39, 0.29) is 12.0 Å². The lowest BCUT2D eigenvalue weighted by Gasteiger charge is -2.22. The Balaban J connectivity index is 2.43. The Bertz CT molecular complexity index is 533. The van der Waals surface area contributed by atoms with E-state index >= 15 is 0 Å².